The first kappa shape index (κ1) is 14.2. The summed E-state index contributed by atoms with van der Waals surface area (Å²) in [5.74, 6) is 0. The summed E-state index contributed by atoms with van der Waals surface area (Å²) in [6.07, 6.45) is 3.11. The summed E-state index contributed by atoms with van der Waals surface area (Å²) < 4.78 is 27.0. The van der Waals surface area contributed by atoms with Crippen LogP contribution >= 0.6 is 11.3 Å². The molecule has 3 N–H and O–H groups in total. The molecule has 0 aromatic carbocycles. The minimum atomic E-state index is -3.45. The van der Waals surface area contributed by atoms with Crippen LogP contribution in [0.4, 0.5) is 0 Å². The predicted octanol–water partition coefficient (Wildman–Crippen LogP) is 1.06. The molecular formula is C11H16N4O2S2. The van der Waals surface area contributed by atoms with Gasteiger partial charge in [0.2, 0.25) is 10.0 Å². The molecule has 0 radical (unpaired) electrons. The Balaban J connectivity index is 2.00. The van der Waals surface area contributed by atoms with E-state index in [-0.39, 0.29) is 6.54 Å². The first-order valence-electron chi connectivity index (χ1n) is 5.88. The van der Waals surface area contributed by atoms with Crippen molar-refractivity contribution in [3.8, 4) is 0 Å². The molecule has 0 aliphatic rings. The quantitative estimate of drug-likeness (QED) is 0.713. The highest BCUT2D eigenvalue weighted by atomic mass is 32.2. The van der Waals surface area contributed by atoms with Crippen molar-refractivity contribution in [1.82, 2.24) is 20.0 Å². The van der Waals surface area contributed by atoms with Crippen LogP contribution in [0, 0.1) is 0 Å². The van der Waals surface area contributed by atoms with Crippen molar-refractivity contribution in [1.29, 1.82) is 0 Å². The molecular weight excluding hydrogens is 284 g/mol. The van der Waals surface area contributed by atoms with Gasteiger partial charge in [-0.15, -0.1) is 11.3 Å². The van der Waals surface area contributed by atoms with Crippen LogP contribution in [-0.4, -0.2) is 24.9 Å². The Morgan fingerprint density at radius 2 is 2.21 bits per heavy atom. The largest absolute Gasteiger partial charge is 0.347 e. The second-order valence-corrected chi connectivity index (χ2v) is 7.06. The zero-order valence-electron chi connectivity index (χ0n) is 10.5. The molecule has 2 heterocycles. The van der Waals surface area contributed by atoms with Gasteiger partial charge in [0.25, 0.3) is 0 Å². The topological polar surface area (TPSA) is 86.9 Å². The fourth-order valence-corrected chi connectivity index (χ4v) is 3.85. The van der Waals surface area contributed by atoms with Gasteiger partial charge < -0.3 is 10.3 Å². The number of thiophene rings is 1. The van der Waals surface area contributed by atoms with E-state index in [2.05, 4.69) is 20.0 Å². The van der Waals surface area contributed by atoms with Crippen LogP contribution in [0.1, 0.15) is 17.5 Å². The number of H-pyrrole nitrogens is 1. The summed E-state index contributed by atoms with van der Waals surface area (Å²) in [5, 5.41) is 3.17. The maximum absolute atomic E-state index is 12.1. The smallest absolute Gasteiger partial charge is 0.250 e. The molecule has 0 saturated carbocycles. The van der Waals surface area contributed by atoms with Crippen molar-refractivity contribution in [2.75, 3.05) is 6.54 Å². The Hall–Kier alpha value is -1.22. The van der Waals surface area contributed by atoms with Crippen LogP contribution in [-0.2, 0) is 23.1 Å². The Morgan fingerprint density at radius 1 is 1.37 bits per heavy atom. The van der Waals surface area contributed by atoms with E-state index in [0.29, 0.717) is 10.8 Å². The van der Waals surface area contributed by atoms with Crippen LogP contribution in [0.3, 0.4) is 0 Å². The Morgan fingerprint density at radius 3 is 2.89 bits per heavy atom. The maximum Gasteiger partial charge on any atom is 0.250 e. The fourth-order valence-electron chi connectivity index (χ4n) is 1.47. The number of imidazole rings is 1. The molecule has 19 heavy (non-hydrogen) atoms. The summed E-state index contributed by atoms with van der Waals surface area (Å²) in [4.78, 5) is 7.69. The Labute approximate surface area is 116 Å². The standard InChI is InChI=1S/C11H16N4O2S2/c1-2-12-7-10-3-4-11(18-10)19(16,17)15-6-9-5-13-8-14-9/h3-5,8,12,15H,2,6-7H2,1H3,(H,13,14). The third kappa shape index (κ3) is 3.87. The third-order valence-electron chi connectivity index (χ3n) is 2.46. The molecule has 0 aliphatic carbocycles. The average molecular weight is 300 g/mol. The fraction of sp³-hybridized carbons (Fsp3) is 0.364. The van der Waals surface area contributed by atoms with Crippen LogP contribution in [0.15, 0.2) is 28.9 Å². The highest BCUT2D eigenvalue weighted by Crippen LogP contribution is 2.21. The summed E-state index contributed by atoms with van der Waals surface area (Å²) in [6, 6.07) is 3.46. The molecule has 0 unspecified atom stereocenters. The van der Waals surface area contributed by atoms with Gasteiger partial charge in [0.1, 0.15) is 4.21 Å². The molecule has 0 fully saturated rings. The van der Waals surface area contributed by atoms with E-state index >= 15 is 0 Å². The number of aromatic amines is 1. The van der Waals surface area contributed by atoms with Gasteiger partial charge in [0, 0.05) is 23.3 Å². The van der Waals surface area contributed by atoms with Gasteiger partial charge in [-0.3, -0.25) is 0 Å². The molecule has 8 heteroatoms. The molecule has 0 atom stereocenters. The van der Waals surface area contributed by atoms with E-state index in [9.17, 15) is 8.42 Å². The summed E-state index contributed by atoms with van der Waals surface area (Å²) in [7, 11) is -3.45. The number of rotatable bonds is 7. The minimum Gasteiger partial charge on any atom is -0.347 e. The highest BCUT2D eigenvalue weighted by molar-refractivity contribution is 7.91. The molecule has 2 aromatic heterocycles. The molecule has 2 rings (SSSR count). The van der Waals surface area contributed by atoms with Gasteiger partial charge in [-0.2, -0.15) is 0 Å². The second-order valence-electron chi connectivity index (χ2n) is 3.90. The second kappa shape index (κ2) is 6.29. The van der Waals surface area contributed by atoms with E-state index in [1.54, 1.807) is 12.3 Å². The lowest BCUT2D eigenvalue weighted by molar-refractivity contribution is 0.582. The molecule has 0 saturated heterocycles. The number of hydrogen-bond donors (Lipinski definition) is 3. The van der Waals surface area contributed by atoms with E-state index in [1.165, 1.54) is 17.7 Å². The third-order valence-corrected chi connectivity index (χ3v) is 5.44. The molecule has 0 spiro atoms. The van der Waals surface area contributed by atoms with Crippen LogP contribution < -0.4 is 10.0 Å². The maximum atomic E-state index is 12.1. The Bertz CT molecular complexity index is 604. The van der Waals surface area contributed by atoms with Crippen molar-refractivity contribution < 1.29 is 8.42 Å². The summed E-state index contributed by atoms with van der Waals surface area (Å²) in [5.41, 5.74) is 0.730. The van der Waals surface area contributed by atoms with Gasteiger partial charge in [0.15, 0.2) is 0 Å². The molecule has 6 nitrogen and oxygen atoms in total. The molecule has 104 valence electrons. The normalized spacial score (nSPS) is 11.8. The van der Waals surface area contributed by atoms with Gasteiger partial charge >= 0.3 is 0 Å². The summed E-state index contributed by atoms with van der Waals surface area (Å²) >= 11 is 1.28. The predicted molar refractivity (Wildman–Crippen MR) is 74.3 cm³/mol. The first-order chi connectivity index (χ1) is 9.12. The van der Waals surface area contributed by atoms with Crippen molar-refractivity contribution >= 4 is 21.4 Å². The van der Waals surface area contributed by atoms with E-state index in [0.717, 1.165) is 17.1 Å². The minimum absolute atomic E-state index is 0.211. The zero-order valence-corrected chi connectivity index (χ0v) is 12.1. The zero-order chi connectivity index (χ0) is 13.7. The van der Waals surface area contributed by atoms with Crippen LogP contribution in [0.2, 0.25) is 0 Å². The summed E-state index contributed by atoms with van der Waals surface area (Å²) in [6.45, 7) is 3.77. The monoisotopic (exact) mass is 300 g/mol. The molecule has 0 aliphatic heterocycles. The average Bonchev–Trinajstić information content (AvgIpc) is 3.05. The lowest BCUT2D eigenvalue weighted by Gasteiger charge is -2.02. The molecule has 0 amide bonds. The van der Waals surface area contributed by atoms with Crippen LogP contribution in [0.5, 0.6) is 0 Å². The van der Waals surface area contributed by atoms with Gasteiger partial charge in [0.05, 0.1) is 12.9 Å². The first-order valence-corrected chi connectivity index (χ1v) is 8.18. The van der Waals surface area contributed by atoms with Crippen molar-refractivity contribution in [3.05, 3.63) is 35.2 Å². The van der Waals surface area contributed by atoms with Crippen molar-refractivity contribution in [3.63, 3.8) is 0 Å². The highest BCUT2D eigenvalue weighted by Gasteiger charge is 2.16. The van der Waals surface area contributed by atoms with Crippen molar-refractivity contribution in [2.24, 2.45) is 0 Å². The number of sulfonamides is 1. The van der Waals surface area contributed by atoms with Crippen molar-refractivity contribution in [2.45, 2.75) is 24.2 Å². The molecule has 2 aromatic rings. The Kier molecular flexibility index (Phi) is 4.70. The number of aromatic nitrogens is 2. The van der Waals surface area contributed by atoms with E-state index in [1.807, 2.05) is 13.0 Å². The lowest BCUT2D eigenvalue weighted by Crippen LogP contribution is -2.22. The lowest BCUT2D eigenvalue weighted by atomic mass is 10.4. The van der Waals surface area contributed by atoms with E-state index < -0.39 is 10.0 Å². The number of nitrogens with zero attached hydrogens (tertiary/aromatic N) is 1. The van der Waals surface area contributed by atoms with Crippen LogP contribution in [0.25, 0.3) is 0 Å². The van der Waals surface area contributed by atoms with Gasteiger partial charge in [-0.05, 0) is 18.7 Å². The molecule has 0 bridgehead atoms. The van der Waals surface area contributed by atoms with Gasteiger partial charge in [-0.1, -0.05) is 6.92 Å². The van der Waals surface area contributed by atoms with E-state index in [4.69, 9.17) is 0 Å². The van der Waals surface area contributed by atoms with Gasteiger partial charge in [-0.25, -0.2) is 18.1 Å². The SMILES string of the molecule is CCNCc1ccc(S(=O)(=O)NCc2cnc[nH]2)s1. The number of nitrogens with one attached hydrogen (secondary N) is 3. The number of hydrogen-bond acceptors (Lipinski definition) is 5.